The number of benzene rings is 9. The summed E-state index contributed by atoms with van der Waals surface area (Å²) in [6.45, 7) is 0. The number of fused-ring (bicyclic) bond motifs is 16. The minimum absolute atomic E-state index is 1.16. The summed E-state index contributed by atoms with van der Waals surface area (Å²) in [4.78, 5) is 0. The van der Waals surface area contributed by atoms with Crippen LogP contribution in [-0.2, 0) is 0 Å². The smallest absolute Gasteiger partial charge is 0.0625 e. The summed E-state index contributed by atoms with van der Waals surface area (Å²) in [5, 5.41) is 13.1. The standard InChI is InChI=1S/C50H28N2S/c1-4-16-41-32(11-1)37-24-23-36-33-14-7-9-29-10-8-15-40(46(29)33)49(36)50(37)52(41)31-21-19-30(20-22-31)51-42-17-5-2-12-38(42)47-34-26-28-45-48(35(34)25-27-43(47)51)39-13-3-6-18-44(39)53-45/h1-28H. The number of thiophene rings is 1. The molecular formula is C50H28N2S. The van der Waals surface area contributed by atoms with Crippen LogP contribution < -0.4 is 0 Å². The third-order valence-electron chi connectivity index (χ3n) is 11.8. The maximum Gasteiger partial charge on any atom is 0.0625 e. The molecule has 0 saturated carbocycles. The van der Waals surface area contributed by atoms with Gasteiger partial charge in [0.25, 0.3) is 0 Å². The summed E-state index contributed by atoms with van der Waals surface area (Å²) in [6, 6.07) is 63.3. The average Bonchev–Trinajstić information content (AvgIpc) is 3.95. The molecule has 0 saturated heterocycles. The van der Waals surface area contributed by atoms with Crippen molar-refractivity contribution >= 4 is 96.7 Å². The van der Waals surface area contributed by atoms with Gasteiger partial charge in [0, 0.05) is 58.7 Å². The predicted octanol–water partition coefficient (Wildman–Crippen LogP) is 14.2. The van der Waals surface area contributed by atoms with E-state index in [-0.39, 0.29) is 0 Å². The highest BCUT2D eigenvalue weighted by Gasteiger charge is 2.27. The van der Waals surface area contributed by atoms with E-state index >= 15 is 0 Å². The minimum atomic E-state index is 1.16. The van der Waals surface area contributed by atoms with Gasteiger partial charge in [0.15, 0.2) is 0 Å². The largest absolute Gasteiger partial charge is 0.309 e. The number of para-hydroxylation sites is 2. The summed E-state index contributed by atoms with van der Waals surface area (Å²) in [5.74, 6) is 0. The molecule has 3 heteroatoms. The molecule has 0 radical (unpaired) electrons. The van der Waals surface area contributed by atoms with Crippen LogP contribution in [-0.4, -0.2) is 9.13 Å². The second-order valence-corrected chi connectivity index (χ2v) is 15.5. The molecule has 0 unspecified atom stereocenters. The van der Waals surface area contributed by atoms with E-state index in [0.29, 0.717) is 0 Å². The van der Waals surface area contributed by atoms with Crippen LogP contribution in [0.5, 0.6) is 0 Å². The number of nitrogens with zero attached hydrogens (tertiary/aromatic N) is 2. The third-order valence-corrected chi connectivity index (χ3v) is 13.0. The lowest BCUT2D eigenvalue weighted by atomic mass is 9.99. The van der Waals surface area contributed by atoms with Crippen molar-refractivity contribution in [2.75, 3.05) is 0 Å². The molecule has 0 aliphatic heterocycles. The van der Waals surface area contributed by atoms with Crippen molar-refractivity contribution < 1.29 is 0 Å². The first-order chi connectivity index (χ1) is 26.3. The highest BCUT2D eigenvalue weighted by molar-refractivity contribution is 7.26. The van der Waals surface area contributed by atoms with E-state index in [9.17, 15) is 0 Å². The van der Waals surface area contributed by atoms with Gasteiger partial charge >= 0.3 is 0 Å². The minimum Gasteiger partial charge on any atom is -0.309 e. The molecule has 13 rings (SSSR count). The summed E-state index contributed by atoms with van der Waals surface area (Å²) in [6.07, 6.45) is 0. The Morgan fingerprint density at radius 1 is 0.321 bits per heavy atom. The quantitative estimate of drug-likeness (QED) is 0.171. The summed E-state index contributed by atoms with van der Waals surface area (Å²) >= 11 is 1.88. The lowest BCUT2D eigenvalue weighted by Gasteiger charge is -2.14. The molecule has 0 N–H and O–H groups in total. The Hall–Kier alpha value is -6.68. The first-order valence-electron chi connectivity index (χ1n) is 18.3. The van der Waals surface area contributed by atoms with E-state index in [4.69, 9.17) is 0 Å². The summed E-state index contributed by atoms with van der Waals surface area (Å²) < 4.78 is 7.62. The molecule has 1 aliphatic rings. The van der Waals surface area contributed by atoms with E-state index in [2.05, 4.69) is 179 Å². The summed E-state index contributed by atoms with van der Waals surface area (Å²) in [7, 11) is 0. The molecule has 0 atom stereocenters. The van der Waals surface area contributed by atoms with Crippen LogP contribution >= 0.6 is 11.3 Å². The van der Waals surface area contributed by atoms with Crippen molar-refractivity contribution in [2.24, 2.45) is 0 Å². The maximum atomic E-state index is 2.49. The number of hydrogen-bond donors (Lipinski definition) is 0. The Labute approximate surface area is 308 Å². The van der Waals surface area contributed by atoms with E-state index < -0.39 is 0 Å². The predicted molar refractivity (Wildman–Crippen MR) is 227 cm³/mol. The van der Waals surface area contributed by atoms with Gasteiger partial charge in [0.2, 0.25) is 0 Å². The van der Waals surface area contributed by atoms with E-state index in [1.165, 1.54) is 108 Å². The number of hydrogen-bond acceptors (Lipinski definition) is 1. The topological polar surface area (TPSA) is 9.86 Å². The van der Waals surface area contributed by atoms with Crippen LogP contribution in [0.1, 0.15) is 0 Å². The zero-order valence-corrected chi connectivity index (χ0v) is 29.3. The fourth-order valence-corrected chi connectivity index (χ4v) is 10.8. The summed E-state index contributed by atoms with van der Waals surface area (Å²) in [5.41, 5.74) is 12.6. The molecule has 3 heterocycles. The third kappa shape index (κ3) is 3.53. The highest BCUT2D eigenvalue weighted by atomic mass is 32.1. The van der Waals surface area contributed by atoms with Gasteiger partial charge in [-0.05, 0) is 92.8 Å². The fourth-order valence-electron chi connectivity index (χ4n) is 9.72. The Bertz CT molecular complexity index is 3550. The second kappa shape index (κ2) is 10.0. The van der Waals surface area contributed by atoms with Gasteiger partial charge in [-0.3, -0.25) is 0 Å². The first kappa shape index (κ1) is 28.0. The Kier molecular flexibility index (Phi) is 5.28. The lowest BCUT2D eigenvalue weighted by molar-refractivity contribution is 1.15. The van der Waals surface area contributed by atoms with Gasteiger partial charge in [-0.15, -0.1) is 11.3 Å². The van der Waals surface area contributed by atoms with E-state index in [1.54, 1.807) is 0 Å². The molecule has 1 aliphatic carbocycles. The van der Waals surface area contributed by atoms with Crippen molar-refractivity contribution in [1.29, 1.82) is 0 Å². The van der Waals surface area contributed by atoms with Crippen LogP contribution in [0, 0.1) is 0 Å². The molecule has 0 fully saturated rings. The molecule has 0 bridgehead atoms. The van der Waals surface area contributed by atoms with Gasteiger partial charge in [0.1, 0.15) is 0 Å². The zero-order chi connectivity index (χ0) is 34.4. The average molecular weight is 689 g/mol. The first-order valence-corrected chi connectivity index (χ1v) is 19.1. The van der Waals surface area contributed by atoms with Crippen LogP contribution in [0.2, 0.25) is 0 Å². The Morgan fingerprint density at radius 3 is 1.79 bits per heavy atom. The van der Waals surface area contributed by atoms with Gasteiger partial charge in [0.05, 0.1) is 22.1 Å². The molecule has 12 aromatic rings. The maximum absolute atomic E-state index is 2.49. The van der Waals surface area contributed by atoms with Crippen molar-refractivity contribution in [3.63, 3.8) is 0 Å². The van der Waals surface area contributed by atoms with Gasteiger partial charge < -0.3 is 9.13 Å². The van der Waals surface area contributed by atoms with Gasteiger partial charge in [-0.25, -0.2) is 0 Å². The number of aromatic nitrogens is 2. The van der Waals surface area contributed by atoms with Crippen molar-refractivity contribution in [1.82, 2.24) is 9.13 Å². The normalized spacial score (nSPS) is 12.5. The van der Waals surface area contributed by atoms with Crippen LogP contribution in [0.25, 0.3) is 119 Å². The van der Waals surface area contributed by atoms with Gasteiger partial charge in [-0.1, -0.05) is 115 Å². The SMILES string of the molecule is c1cc2c3c(cccc3c1)-c1c-2ccc2c3ccccc3n(-c3ccc(-n4c5ccccc5c5c6ccc7sc8ccccc8c7c6ccc54)cc3)c12. The van der Waals surface area contributed by atoms with Gasteiger partial charge in [-0.2, -0.15) is 0 Å². The number of rotatable bonds is 2. The molecule has 9 aromatic carbocycles. The monoisotopic (exact) mass is 688 g/mol. The second-order valence-electron chi connectivity index (χ2n) is 14.4. The molecule has 53 heavy (non-hydrogen) atoms. The van der Waals surface area contributed by atoms with Crippen molar-refractivity contribution in [3.05, 3.63) is 170 Å². The zero-order valence-electron chi connectivity index (χ0n) is 28.5. The Morgan fingerprint density at radius 2 is 0.962 bits per heavy atom. The van der Waals surface area contributed by atoms with Crippen molar-refractivity contribution in [2.45, 2.75) is 0 Å². The van der Waals surface area contributed by atoms with Crippen molar-refractivity contribution in [3.8, 4) is 33.6 Å². The molecule has 0 amide bonds. The lowest BCUT2D eigenvalue weighted by Crippen LogP contribution is -1.98. The molecule has 3 aromatic heterocycles. The Balaban J connectivity index is 1.05. The molecular weight excluding hydrogens is 661 g/mol. The van der Waals surface area contributed by atoms with E-state index in [0.717, 1.165) is 11.4 Å². The fraction of sp³-hybridized carbons (Fsp3) is 0. The molecule has 2 nitrogen and oxygen atoms in total. The van der Waals surface area contributed by atoms with Crippen LogP contribution in [0.3, 0.4) is 0 Å². The molecule has 244 valence electrons. The van der Waals surface area contributed by atoms with E-state index in [1.807, 2.05) is 11.3 Å². The molecule has 0 spiro atoms. The highest BCUT2D eigenvalue weighted by Crippen LogP contribution is 2.52. The van der Waals surface area contributed by atoms with Crippen LogP contribution in [0.4, 0.5) is 0 Å². The van der Waals surface area contributed by atoms with Crippen LogP contribution in [0.15, 0.2) is 170 Å².